The molecule has 1 N–H and O–H groups in total. The molecule has 0 aliphatic rings. The highest BCUT2D eigenvalue weighted by Gasteiger charge is 2.08. The van der Waals surface area contributed by atoms with Crippen LogP contribution in [0.15, 0.2) is 23.2 Å². The van der Waals surface area contributed by atoms with Crippen molar-refractivity contribution < 1.29 is 4.92 Å². The van der Waals surface area contributed by atoms with Crippen molar-refractivity contribution in [1.82, 2.24) is 5.32 Å². The number of rotatable bonds is 2. The van der Waals surface area contributed by atoms with Crippen molar-refractivity contribution >= 4 is 28.3 Å². The fraction of sp³-hybridized carbons (Fsp3) is 0.200. The molecule has 1 aromatic rings. The van der Waals surface area contributed by atoms with Crippen LogP contribution in [0.3, 0.4) is 0 Å². The lowest BCUT2D eigenvalue weighted by atomic mass is 10.2. The number of amidine groups is 1. The normalized spacial score (nSPS) is 10.8. The second-order valence-corrected chi connectivity index (χ2v) is 3.88. The summed E-state index contributed by atoms with van der Waals surface area (Å²) in [6, 6.07) is 4.43. The molecule has 0 unspecified atom stereocenters. The second-order valence-electron chi connectivity index (χ2n) is 3.09. The molecule has 0 aromatic heterocycles. The highest BCUT2D eigenvalue weighted by molar-refractivity contribution is 8.13. The average Bonchev–Trinajstić information content (AvgIpc) is 2.30. The van der Waals surface area contributed by atoms with Gasteiger partial charge in [0.25, 0.3) is 5.69 Å². The Hall–Kier alpha value is -2.07. The van der Waals surface area contributed by atoms with Crippen LogP contribution in [0, 0.1) is 28.5 Å². The molecule has 0 amide bonds. The number of aryl methyl sites for hydroxylation is 1. The molecule has 0 atom stereocenters. The van der Waals surface area contributed by atoms with E-state index in [9.17, 15) is 10.1 Å². The van der Waals surface area contributed by atoms with E-state index in [0.29, 0.717) is 10.9 Å². The Balaban J connectivity index is 3.17. The van der Waals surface area contributed by atoms with E-state index < -0.39 is 4.92 Å². The number of hydrogen-bond donors (Lipinski definition) is 1. The Morgan fingerprint density at radius 3 is 2.88 bits per heavy atom. The van der Waals surface area contributed by atoms with Gasteiger partial charge >= 0.3 is 0 Å². The van der Waals surface area contributed by atoms with Crippen molar-refractivity contribution in [3.8, 4) is 6.19 Å². The molecule has 0 heterocycles. The first kappa shape index (κ1) is 13.0. The van der Waals surface area contributed by atoms with E-state index in [-0.39, 0.29) is 5.69 Å². The number of aliphatic imine (C=N–C) groups is 1. The number of thioether (sulfide) groups is 1. The van der Waals surface area contributed by atoms with Crippen LogP contribution in [0.4, 0.5) is 11.4 Å². The highest BCUT2D eigenvalue weighted by atomic mass is 32.2. The van der Waals surface area contributed by atoms with Gasteiger partial charge in [0, 0.05) is 12.1 Å². The van der Waals surface area contributed by atoms with E-state index in [2.05, 4.69) is 10.3 Å². The number of benzene rings is 1. The van der Waals surface area contributed by atoms with Gasteiger partial charge in [0.15, 0.2) is 11.4 Å². The van der Waals surface area contributed by atoms with Gasteiger partial charge in [-0.2, -0.15) is 5.26 Å². The number of nitro groups is 1. The minimum absolute atomic E-state index is 0.0215. The van der Waals surface area contributed by atoms with Crippen molar-refractivity contribution in [3.05, 3.63) is 33.9 Å². The first-order valence-corrected chi connectivity index (χ1v) is 5.83. The maximum absolute atomic E-state index is 10.6. The maximum Gasteiger partial charge on any atom is 0.271 e. The molecule has 17 heavy (non-hydrogen) atoms. The quantitative estimate of drug-likeness (QED) is 0.217. The molecule has 1 aromatic carbocycles. The third kappa shape index (κ3) is 3.46. The number of nitriles is 1. The SMILES string of the molecule is CSC(=Nc1cc([N+](=O)[O-])ccc1C)NC#N. The van der Waals surface area contributed by atoms with Crippen molar-refractivity contribution in [3.63, 3.8) is 0 Å². The van der Waals surface area contributed by atoms with Crippen LogP contribution in [0.5, 0.6) is 0 Å². The van der Waals surface area contributed by atoms with Crippen molar-refractivity contribution in [1.29, 1.82) is 5.26 Å². The van der Waals surface area contributed by atoms with E-state index in [1.807, 2.05) is 0 Å². The number of nitro benzene ring substituents is 1. The summed E-state index contributed by atoms with van der Waals surface area (Å²) in [5, 5.41) is 21.9. The first-order chi connectivity index (χ1) is 8.08. The zero-order chi connectivity index (χ0) is 12.8. The van der Waals surface area contributed by atoms with E-state index in [1.165, 1.54) is 23.9 Å². The van der Waals surface area contributed by atoms with Gasteiger partial charge in [-0.25, -0.2) is 4.99 Å². The Kier molecular flexibility index (Phi) is 4.48. The smallest absolute Gasteiger partial charge is 0.271 e. The molecule has 1 rings (SSSR count). The van der Waals surface area contributed by atoms with Crippen LogP contribution in [-0.2, 0) is 0 Å². The molecular weight excluding hydrogens is 240 g/mol. The molecule has 0 saturated carbocycles. The van der Waals surface area contributed by atoms with E-state index in [4.69, 9.17) is 5.26 Å². The summed E-state index contributed by atoms with van der Waals surface area (Å²) in [6.45, 7) is 1.80. The van der Waals surface area contributed by atoms with Crippen molar-refractivity contribution in [2.45, 2.75) is 6.92 Å². The van der Waals surface area contributed by atoms with E-state index >= 15 is 0 Å². The monoisotopic (exact) mass is 250 g/mol. The molecular formula is C10H10N4O2S. The summed E-state index contributed by atoms with van der Waals surface area (Å²) in [5.41, 5.74) is 1.26. The fourth-order valence-corrected chi connectivity index (χ4v) is 1.45. The lowest BCUT2D eigenvalue weighted by Crippen LogP contribution is -2.12. The molecule has 0 saturated heterocycles. The summed E-state index contributed by atoms with van der Waals surface area (Å²) in [6.07, 6.45) is 3.52. The maximum atomic E-state index is 10.6. The van der Waals surface area contributed by atoms with E-state index in [0.717, 1.165) is 5.56 Å². The second kappa shape index (κ2) is 5.86. The number of non-ortho nitro benzene ring substituents is 1. The number of hydrogen-bond acceptors (Lipinski definition) is 5. The van der Waals surface area contributed by atoms with Gasteiger partial charge in [-0.15, -0.1) is 0 Å². The van der Waals surface area contributed by atoms with Crippen LogP contribution in [0.1, 0.15) is 5.56 Å². The highest BCUT2D eigenvalue weighted by Crippen LogP contribution is 2.25. The molecule has 0 aliphatic carbocycles. The van der Waals surface area contributed by atoms with Crippen LogP contribution in [0.2, 0.25) is 0 Å². The average molecular weight is 250 g/mol. The lowest BCUT2D eigenvalue weighted by Gasteiger charge is -2.02. The van der Waals surface area contributed by atoms with Crippen LogP contribution >= 0.6 is 11.8 Å². The van der Waals surface area contributed by atoms with Crippen molar-refractivity contribution in [2.75, 3.05) is 6.26 Å². The van der Waals surface area contributed by atoms with Gasteiger partial charge in [0.05, 0.1) is 10.6 Å². The van der Waals surface area contributed by atoms with Crippen molar-refractivity contribution in [2.24, 2.45) is 4.99 Å². The molecule has 0 radical (unpaired) electrons. The molecule has 0 fully saturated rings. The van der Waals surface area contributed by atoms with Gasteiger partial charge in [-0.05, 0) is 18.7 Å². The molecule has 7 heteroatoms. The summed E-state index contributed by atoms with van der Waals surface area (Å²) in [7, 11) is 0. The van der Waals surface area contributed by atoms with Gasteiger partial charge in [0.2, 0.25) is 0 Å². The Morgan fingerprint density at radius 2 is 2.35 bits per heavy atom. The van der Waals surface area contributed by atoms with Gasteiger partial charge < -0.3 is 0 Å². The number of nitrogens with zero attached hydrogens (tertiary/aromatic N) is 3. The van der Waals surface area contributed by atoms with Crippen LogP contribution < -0.4 is 5.32 Å². The zero-order valence-corrected chi connectivity index (χ0v) is 10.1. The minimum Gasteiger partial charge on any atom is -0.271 e. The summed E-state index contributed by atoms with van der Waals surface area (Å²) < 4.78 is 0. The summed E-state index contributed by atoms with van der Waals surface area (Å²) in [4.78, 5) is 14.3. The predicted octanol–water partition coefficient (Wildman–Crippen LogP) is 2.32. The van der Waals surface area contributed by atoms with E-state index in [1.54, 1.807) is 25.4 Å². The Labute approximate surface area is 103 Å². The summed E-state index contributed by atoms with van der Waals surface area (Å²) >= 11 is 1.26. The molecule has 88 valence electrons. The molecule has 0 aliphatic heterocycles. The Bertz CT molecular complexity index is 508. The van der Waals surface area contributed by atoms with Crippen LogP contribution in [-0.4, -0.2) is 16.3 Å². The topological polar surface area (TPSA) is 91.3 Å². The molecule has 6 nitrogen and oxygen atoms in total. The fourth-order valence-electron chi connectivity index (χ4n) is 1.11. The predicted molar refractivity (Wildman–Crippen MR) is 67.2 cm³/mol. The summed E-state index contributed by atoms with van der Waals surface area (Å²) in [5.74, 6) is 0. The lowest BCUT2D eigenvalue weighted by molar-refractivity contribution is -0.384. The zero-order valence-electron chi connectivity index (χ0n) is 9.30. The first-order valence-electron chi connectivity index (χ1n) is 4.61. The van der Waals surface area contributed by atoms with Crippen LogP contribution in [0.25, 0.3) is 0 Å². The third-order valence-electron chi connectivity index (χ3n) is 1.98. The van der Waals surface area contributed by atoms with Gasteiger partial charge in [-0.3, -0.25) is 15.4 Å². The third-order valence-corrected chi connectivity index (χ3v) is 2.56. The Morgan fingerprint density at radius 1 is 1.65 bits per heavy atom. The minimum atomic E-state index is -0.477. The van der Waals surface area contributed by atoms with Gasteiger partial charge in [0.1, 0.15) is 0 Å². The number of nitrogens with one attached hydrogen (secondary N) is 1. The van der Waals surface area contributed by atoms with Gasteiger partial charge in [-0.1, -0.05) is 17.8 Å². The molecule has 0 spiro atoms. The molecule has 0 bridgehead atoms. The standard InChI is InChI=1S/C10H10N4O2S/c1-7-3-4-8(14(15)16)5-9(7)13-10(17-2)12-6-11/h3-5H,1-2H3,(H,12,13). The largest absolute Gasteiger partial charge is 0.271 e.